The first-order valence-corrected chi connectivity index (χ1v) is 13.4. The summed E-state index contributed by atoms with van der Waals surface area (Å²) in [5, 5.41) is 4.86. The molecule has 0 spiro atoms. The second-order valence-electron chi connectivity index (χ2n) is 8.40. The zero-order chi connectivity index (χ0) is 25.1. The van der Waals surface area contributed by atoms with E-state index in [4.69, 9.17) is 26.3 Å². The summed E-state index contributed by atoms with van der Waals surface area (Å²) in [6.45, 7) is 2.18. The topological polar surface area (TPSA) is 87.7 Å². The second-order valence-corrected chi connectivity index (χ2v) is 10.8. The number of halogens is 1. The van der Waals surface area contributed by atoms with Crippen LogP contribution in [-0.2, 0) is 16.6 Å². The molecule has 1 aliphatic rings. The lowest BCUT2D eigenvalue weighted by Crippen LogP contribution is -2.49. The standard InChI is InChI=1S/C26H26ClN5O3S/c1-35-24-9-5-2-6-19(24)18-28-25-22-7-3-4-8-23(22)29-26(30-25)31-14-16-32(17-15-31)36(33,34)21-12-10-20(27)11-13-21/h2-13H,14-18H2,1H3,(H,28,29,30). The molecule has 36 heavy (non-hydrogen) atoms. The Hall–Kier alpha value is -3.40. The molecule has 2 heterocycles. The van der Waals surface area contributed by atoms with Gasteiger partial charge in [0.2, 0.25) is 16.0 Å². The minimum Gasteiger partial charge on any atom is -0.496 e. The zero-order valence-electron chi connectivity index (χ0n) is 19.8. The number of aromatic nitrogens is 2. The Bertz CT molecular complexity index is 1470. The van der Waals surface area contributed by atoms with Crippen molar-refractivity contribution in [2.24, 2.45) is 0 Å². The molecule has 4 aromatic rings. The monoisotopic (exact) mass is 523 g/mol. The second kappa shape index (κ2) is 10.3. The van der Waals surface area contributed by atoms with Crippen molar-refractivity contribution in [1.82, 2.24) is 14.3 Å². The average molecular weight is 524 g/mol. The third-order valence-corrected chi connectivity index (χ3v) is 8.37. The van der Waals surface area contributed by atoms with E-state index in [9.17, 15) is 8.42 Å². The Morgan fingerprint density at radius 3 is 2.36 bits per heavy atom. The molecule has 186 valence electrons. The van der Waals surface area contributed by atoms with Crippen LogP contribution in [0.25, 0.3) is 10.9 Å². The number of sulfonamides is 1. The average Bonchev–Trinajstić information content (AvgIpc) is 2.92. The van der Waals surface area contributed by atoms with Crippen LogP contribution in [0, 0.1) is 0 Å². The van der Waals surface area contributed by atoms with Crippen LogP contribution in [0.2, 0.25) is 5.02 Å². The highest BCUT2D eigenvalue weighted by Crippen LogP contribution is 2.27. The molecule has 1 N–H and O–H groups in total. The van der Waals surface area contributed by atoms with Crippen molar-refractivity contribution in [1.29, 1.82) is 0 Å². The van der Waals surface area contributed by atoms with Gasteiger partial charge in [-0.3, -0.25) is 0 Å². The fourth-order valence-electron chi connectivity index (χ4n) is 4.25. The van der Waals surface area contributed by atoms with Crippen LogP contribution in [0.15, 0.2) is 77.7 Å². The van der Waals surface area contributed by atoms with E-state index in [2.05, 4.69) is 5.32 Å². The molecule has 0 atom stereocenters. The summed E-state index contributed by atoms with van der Waals surface area (Å²) in [7, 11) is -1.93. The maximum atomic E-state index is 13.1. The summed E-state index contributed by atoms with van der Waals surface area (Å²) in [5.74, 6) is 2.10. The van der Waals surface area contributed by atoms with Crippen molar-refractivity contribution >= 4 is 44.3 Å². The molecule has 1 aromatic heterocycles. The van der Waals surface area contributed by atoms with Gasteiger partial charge in [-0.15, -0.1) is 0 Å². The SMILES string of the molecule is COc1ccccc1CNc1nc(N2CCN(S(=O)(=O)c3ccc(Cl)cc3)CC2)nc2ccccc12. The first-order chi connectivity index (χ1) is 17.5. The number of rotatable bonds is 7. The van der Waals surface area contributed by atoms with Crippen LogP contribution >= 0.6 is 11.6 Å². The maximum absolute atomic E-state index is 13.1. The molecule has 0 amide bonds. The highest BCUT2D eigenvalue weighted by atomic mass is 35.5. The van der Waals surface area contributed by atoms with Gasteiger partial charge >= 0.3 is 0 Å². The van der Waals surface area contributed by atoms with Crippen molar-refractivity contribution in [3.63, 3.8) is 0 Å². The van der Waals surface area contributed by atoms with E-state index >= 15 is 0 Å². The van der Waals surface area contributed by atoms with E-state index in [0.717, 1.165) is 28.0 Å². The number of hydrogen-bond donors (Lipinski definition) is 1. The highest BCUT2D eigenvalue weighted by molar-refractivity contribution is 7.89. The van der Waals surface area contributed by atoms with E-state index in [1.807, 2.05) is 53.4 Å². The summed E-state index contributed by atoms with van der Waals surface area (Å²) in [5.41, 5.74) is 1.84. The fourth-order valence-corrected chi connectivity index (χ4v) is 5.80. The lowest BCUT2D eigenvalue weighted by atomic mass is 10.2. The number of methoxy groups -OCH3 is 1. The minimum absolute atomic E-state index is 0.241. The van der Waals surface area contributed by atoms with Crippen LogP contribution in [0.3, 0.4) is 0 Å². The number of benzene rings is 3. The van der Waals surface area contributed by atoms with Crippen molar-refractivity contribution in [2.45, 2.75) is 11.4 Å². The Kier molecular flexibility index (Phi) is 6.95. The lowest BCUT2D eigenvalue weighted by Gasteiger charge is -2.34. The van der Waals surface area contributed by atoms with Crippen molar-refractivity contribution in [3.05, 3.63) is 83.4 Å². The molecule has 0 bridgehead atoms. The molecule has 0 radical (unpaired) electrons. The Morgan fingerprint density at radius 1 is 0.917 bits per heavy atom. The van der Waals surface area contributed by atoms with Crippen LogP contribution in [0.5, 0.6) is 5.75 Å². The van der Waals surface area contributed by atoms with Crippen molar-refractivity contribution < 1.29 is 13.2 Å². The van der Waals surface area contributed by atoms with Crippen LogP contribution in [-0.4, -0.2) is 56.0 Å². The van der Waals surface area contributed by atoms with Gasteiger partial charge in [0.15, 0.2) is 0 Å². The fraction of sp³-hybridized carbons (Fsp3) is 0.231. The largest absolute Gasteiger partial charge is 0.496 e. The normalized spacial score (nSPS) is 14.7. The first kappa shape index (κ1) is 24.3. The minimum atomic E-state index is -3.59. The smallest absolute Gasteiger partial charge is 0.243 e. The zero-order valence-corrected chi connectivity index (χ0v) is 21.3. The van der Waals surface area contributed by atoms with Gasteiger partial charge in [0.1, 0.15) is 11.6 Å². The van der Waals surface area contributed by atoms with Gasteiger partial charge in [-0.2, -0.15) is 9.29 Å². The molecule has 8 nitrogen and oxygen atoms in total. The Labute approximate surface area is 215 Å². The molecule has 3 aromatic carbocycles. The number of piperazine rings is 1. The third kappa shape index (κ3) is 4.95. The van der Waals surface area contributed by atoms with E-state index in [0.29, 0.717) is 43.7 Å². The predicted octanol–water partition coefficient (Wildman–Crippen LogP) is 4.41. The van der Waals surface area contributed by atoms with Crippen LogP contribution < -0.4 is 15.0 Å². The van der Waals surface area contributed by atoms with E-state index < -0.39 is 10.0 Å². The van der Waals surface area contributed by atoms with Gasteiger partial charge in [0.05, 0.1) is 17.5 Å². The molecule has 0 saturated carbocycles. The number of fused-ring (bicyclic) bond motifs is 1. The molecule has 1 saturated heterocycles. The summed E-state index contributed by atoms with van der Waals surface area (Å²) < 4.78 is 33.1. The van der Waals surface area contributed by atoms with Gasteiger partial charge < -0.3 is 15.0 Å². The molecule has 0 aliphatic carbocycles. The van der Waals surface area contributed by atoms with Gasteiger partial charge in [-0.05, 0) is 42.5 Å². The number of para-hydroxylation sites is 2. The van der Waals surface area contributed by atoms with E-state index in [-0.39, 0.29) is 4.90 Å². The number of hydrogen-bond acceptors (Lipinski definition) is 7. The highest BCUT2D eigenvalue weighted by Gasteiger charge is 2.29. The van der Waals surface area contributed by atoms with Gasteiger partial charge in [0, 0.05) is 48.7 Å². The Morgan fingerprint density at radius 2 is 1.61 bits per heavy atom. The molecule has 1 aliphatic heterocycles. The molecule has 10 heteroatoms. The molecular weight excluding hydrogens is 498 g/mol. The molecule has 0 unspecified atom stereocenters. The first-order valence-electron chi connectivity index (χ1n) is 11.6. The number of nitrogens with one attached hydrogen (secondary N) is 1. The van der Waals surface area contributed by atoms with Gasteiger partial charge in [0.25, 0.3) is 0 Å². The number of ether oxygens (including phenoxy) is 1. The van der Waals surface area contributed by atoms with E-state index in [1.54, 1.807) is 19.2 Å². The van der Waals surface area contributed by atoms with Crippen molar-refractivity contribution in [2.75, 3.05) is 43.5 Å². The summed E-state index contributed by atoms with van der Waals surface area (Å²) in [6, 6.07) is 21.9. The van der Waals surface area contributed by atoms with Crippen LogP contribution in [0.4, 0.5) is 11.8 Å². The number of nitrogens with zero attached hydrogens (tertiary/aromatic N) is 4. The van der Waals surface area contributed by atoms with Gasteiger partial charge in [-0.25, -0.2) is 13.4 Å². The summed E-state index contributed by atoms with van der Waals surface area (Å²) in [4.78, 5) is 11.9. The number of anilines is 2. The quantitative estimate of drug-likeness (QED) is 0.384. The molecule has 5 rings (SSSR count). The Balaban J connectivity index is 1.36. The third-order valence-electron chi connectivity index (χ3n) is 6.20. The van der Waals surface area contributed by atoms with Gasteiger partial charge in [-0.1, -0.05) is 41.9 Å². The maximum Gasteiger partial charge on any atom is 0.243 e. The lowest BCUT2D eigenvalue weighted by molar-refractivity contribution is 0.382. The van der Waals surface area contributed by atoms with Crippen LogP contribution in [0.1, 0.15) is 5.56 Å². The summed E-state index contributed by atoms with van der Waals surface area (Å²) >= 11 is 5.92. The molecular formula is C26H26ClN5O3S. The van der Waals surface area contributed by atoms with E-state index in [1.165, 1.54) is 16.4 Å². The summed E-state index contributed by atoms with van der Waals surface area (Å²) in [6.07, 6.45) is 0. The van der Waals surface area contributed by atoms with Crippen molar-refractivity contribution in [3.8, 4) is 5.75 Å². The molecule has 1 fully saturated rings. The predicted molar refractivity (Wildman–Crippen MR) is 142 cm³/mol.